The molecule has 0 saturated carbocycles. The molecule has 27 heavy (non-hydrogen) atoms. The maximum atomic E-state index is 12.4. The number of para-hydroxylation sites is 1. The molecule has 0 atom stereocenters. The fourth-order valence-corrected chi connectivity index (χ4v) is 3.21. The smallest absolute Gasteiger partial charge is 0.307 e. The topological polar surface area (TPSA) is 96.5 Å². The van der Waals surface area contributed by atoms with Gasteiger partial charge in [0, 0.05) is 31.9 Å². The second-order valence-corrected chi connectivity index (χ2v) is 6.85. The first-order valence-electron chi connectivity index (χ1n) is 8.90. The molecule has 1 saturated heterocycles. The Balaban J connectivity index is 1.46. The molecule has 0 unspecified atom stereocenters. The number of benzene rings is 1. The van der Waals surface area contributed by atoms with E-state index in [1.165, 1.54) is 12.4 Å². The minimum atomic E-state index is -0.448. The van der Waals surface area contributed by atoms with Crippen molar-refractivity contribution in [2.24, 2.45) is 0 Å². The number of hydrogen-bond acceptors (Lipinski definition) is 6. The molecule has 1 fully saturated rings. The van der Waals surface area contributed by atoms with Crippen molar-refractivity contribution in [3.8, 4) is 0 Å². The van der Waals surface area contributed by atoms with Gasteiger partial charge in [0.05, 0.1) is 18.1 Å². The van der Waals surface area contributed by atoms with Crippen LogP contribution < -0.4 is 5.32 Å². The van der Waals surface area contributed by atoms with Crippen LogP contribution in [0.3, 0.4) is 0 Å². The number of piperazine rings is 1. The number of nitrogens with one attached hydrogen (secondary N) is 1. The maximum absolute atomic E-state index is 12.4. The summed E-state index contributed by atoms with van der Waals surface area (Å²) in [5, 5.41) is 17.8. The lowest BCUT2D eigenvalue weighted by atomic mass is 10.1. The number of aryl methyl sites for hydroxylation is 2. The minimum Gasteiger partial charge on any atom is -0.324 e. The monoisotopic (exact) mass is 372 g/mol. The van der Waals surface area contributed by atoms with Gasteiger partial charge in [-0.3, -0.25) is 29.4 Å². The van der Waals surface area contributed by atoms with E-state index in [4.69, 9.17) is 0 Å². The summed E-state index contributed by atoms with van der Waals surface area (Å²) in [6.45, 7) is 7.94. The van der Waals surface area contributed by atoms with Crippen molar-refractivity contribution < 1.29 is 9.72 Å². The lowest BCUT2D eigenvalue weighted by Gasteiger charge is -2.34. The van der Waals surface area contributed by atoms with Crippen LogP contribution in [0.2, 0.25) is 0 Å². The number of anilines is 1. The fourth-order valence-electron chi connectivity index (χ4n) is 3.21. The summed E-state index contributed by atoms with van der Waals surface area (Å²) in [5.74, 6) is -0.0106. The molecule has 3 rings (SSSR count). The van der Waals surface area contributed by atoms with E-state index in [-0.39, 0.29) is 11.6 Å². The van der Waals surface area contributed by atoms with Gasteiger partial charge in [-0.2, -0.15) is 5.10 Å². The van der Waals surface area contributed by atoms with Gasteiger partial charge in [-0.15, -0.1) is 0 Å². The average Bonchev–Trinajstić information content (AvgIpc) is 3.09. The molecule has 9 heteroatoms. The van der Waals surface area contributed by atoms with Crippen molar-refractivity contribution in [3.05, 3.63) is 51.8 Å². The first-order chi connectivity index (χ1) is 12.9. The van der Waals surface area contributed by atoms with Crippen molar-refractivity contribution >= 4 is 17.3 Å². The van der Waals surface area contributed by atoms with Crippen molar-refractivity contribution in [1.29, 1.82) is 0 Å². The number of rotatable bonds is 6. The molecule has 1 N–H and O–H groups in total. The molecule has 2 heterocycles. The summed E-state index contributed by atoms with van der Waals surface area (Å²) in [4.78, 5) is 26.9. The van der Waals surface area contributed by atoms with E-state index in [1.54, 1.807) is 4.68 Å². The van der Waals surface area contributed by atoms with E-state index in [1.807, 2.05) is 32.0 Å². The third-order valence-corrected chi connectivity index (χ3v) is 4.75. The normalized spacial score (nSPS) is 15.6. The van der Waals surface area contributed by atoms with E-state index in [0.29, 0.717) is 13.2 Å². The van der Waals surface area contributed by atoms with Crippen LogP contribution in [0.25, 0.3) is 0 Å². The Morgan fingerprint density at radius 2 is 1.81 bits per heavy atom. The number of nitro groups is 1. The highest BCUT2D eigenvalue weighted by Gasteiger charge is 2.20. The SMILES string of the molecule is Cc1cccc(C)c1NC(=O)CN1CCN(Cn2cc([N+](=O)[O-])cn2)CC1. The summed E-state index contributed by atoms with van der Waals surface area (Å²) < 4.78 is 1.57. The van der Waals surface area contributed by atoms with Gasteiger partial charge in [0.2, 0.25) is 5.91 Å². The van der Waals surface area contributed by atoms with Crippen LogP contribution in [-0.2, 0) is 11.5 Å². The predicted molar refractivity (Wildman–Crippen MR) is 101 cm³/mol. The molecule has 0 radical (unpaired) electrons. The third kappa shape index (κ3) is 4.89. The van der Waals surface area contributed by atoms with E-state index < -0.39 is 4.92 Å². The lowest BCUT2D eigenvalue weighted by molar-refractivity contribution is -0.385. The lowest BCUT2D eigenvalue weighted by Crippen LogP contribution is -2.48. The van der Waals surface area contributed by atoms with Crippen LogP contribution in [0.15, 0.2) is 30.6 Å². The number of nitrogens with zero attached hydrogens (tertiary/aromatic N) is 5. The van der Waals surface area contributed by atoms with Crippen LogP contribution in [-0.4, -0.2) is 63.1 Å². The highest BCUT2D eigenvalue weighted by Crippen LogP contribution is 2.19. The third-order valence-electron chi connectivity index (χ3n) is 4.75. The quantitative estimate of drug-likeness (QED) is 0.611. The van der Waals surface area contributed by atoms with Crippen LogP contribution >= 0.6 is 0 Å². The largest absolute Gasteiger partial charge is 0.324 e. The molecule has 9 nitrogen and oxygen atoms in total. The summed E-state index contributed by atoms with van der Waals surface area (Å²) >= 11 is 0. The Hall–Kier alpha value is -2.78. The highest BCUT2D eigenvalue weighted by molar-refractivity contribution is 5.93. The molecule has 0 bridgehead atoms. The molecule has 1 amide bonds. The van der Waals surface area contributed by atoms with Crippen molar-refractivity contribution in [1.82, 2.24) is 19.6 Å². The Labute approximate surface area is 157 Å². The Kier molecular flexibility index (Phi) is 5.82. The predicted octanol–water partition coefficient (Wildman–Crippen LogP) is 1.62. The van der Waals surface area contributed by atoms with Crippen LogP contribution in [0, 0.1) is 24.0 Å². The Bertz CT molecular complexity index is 806. The number of carbonyl (C=O) groups excluding carboxylic acids is 1. The first kappa shape index (κ1) is 19.0. The van der Waals surface area contributed by atoms with Crippen LogP contribution in [0.4, 0.5) is 11.4 Å². The second kappa shape index (κ2) is 8.28. The number of carbonyl (C=O) groups is 1. The zero-order valence-corrected chi connectivity index (χ0v) is 15.6. The van der Waals surface area contributed by atoms with Gasteiger partial charge >= 0.3 is 5.69 Å². The minimum absolute atomic E-state index is 0.00296. The number of aromatic nitrogens is 2. The van der Waals surface area contributed by atoms with E-state index in [0.717, 1.165) is 43.0 Å². The molecule has 2 aromatic rings. The van der Waals surface area contributed by atoms with Crippen molar-refractivity contribution in [2.75, 3.05) is 38.0 Å². The van der Waals surface area contributed by atoms with E-state index in [2.05, 4.69) is 20.2 Å². The highest BCUT2D eigenvalue weighted by atomic mass is 16.6. The van der Waals surface area contributed by atoms with Gasteiger partial charge in [-0.1, -0.05) is 18.2 Å². The molecule has 1 aliphatic rings. The van der Waals surface area contributed by atoms with E-state index >= 15 is 0 Å². The first-order valence-corrected chi connectivity index (χ1v) is 8.90. The summed E-state index contributed by atoms with van der Waals surface area (Å²) in [6, 6.07) is 5.95. The Morgan fingerprint density at radius 1 is 1.19 bits per heavy atom. The maximum Gasteiger partial charge on any atom is 0.307 e. The molecule has 1 aromatic heterocycles. The zero-order chi connectivity index (χ0) is 19.4. The van der Waals surface area contributed by atoms with Gasteiger partial charge in [0.25, 0.3) is 0 Å². The Morgan fingerprint density at radius 3 is 2.41 bits per heavy atom. The average molecular weight is 372 g/mol. The van der Waals surface area contributed by atoms with Crippen LogP contribution in [0.1, 0.15) is 11.1 Å². The molecular formula is C18H24N6O3. The summed E-state index contributed by atoms with van der Waals surface area (Å²) in [6.07, 6.45) is 2.69. The van der Waals surface area contributed by atoms with E-state index in [9.17, 15) is 14.9 Å². The molecule has 0 aliphatic carbocycles. The van der Waals surface area contributed by atoms with Gasteiger partial charge in [-0.05, 0) is 25.0 Å². The van der Waals surface area contributed by atoms with Gasteiger partial charge in [-0.25, -0.2) is 0 Å². The second-order valence-electron chi connectivity index (χ2n) is 6.85. The molecule has 1 aromatic carbocycles. The molecular weight excluding hydrogens is 348 g/mol. The summed E-state index contributed by atoms with van der Waals surface area (Å²) in [7, 11) is 0. The summed E-state index contributed by atoms with van der Waals surface area (Å²) in [5.41, 5.74) is 3.00. The molecule has 1 aliphatic heterocycles. The van der Waals surface area contributed by atoms with Gasteiger partial charge in [0.15, 0.2) is 0 Å². The zero-order valence-electron chi connectivity index (χ0n) is 15.6. The fraction of sp³-hybridized carbons (Fsp3) is 0.444. The number of hydrogen-bond donors (Lipinski definition) is 1. The van der Waals surface area contributed by atoms with Gasteiger partial charge < -0.3 is 5.32 Å². The molecule has 144 valence electrons. The van der Waals surface area contributed by atoms with Crippen LogP contribution in [0.5, 0.6) is 0 Å². The number of amides is 1. The van der Waals surface area contributed by atoms with Crippen molar-refractivity contribution in [2.45, 2.75) is 20.5 Å². The molecule has 0 spiro atoms. The van der Waals surface area contributed by atoms with Gasteiger partial charge in [0.1, 0.15) is 12.4 Å². The standard InChI is InChI=1S/C18H24N6O3/c1-14-4-3-5-15(2)18(14)20-17(25)12-21-6-8-22(9-7-21)13-23-11-16(10-19-23)24(26)27/h3-5,10-11H,6-9,12-13H2,1-2H3,(H,20,25). The van der Waals surface area contributed by atoms with Crippen molar-refractivity contribution in [3.63, 3.8) is 0 Å².